The van der Waals surface area contributed by atoms with Crippen LogP contribution in [0.3, 0.4) is 0 Å². The van der Waals surface area contributed by atoms with Crippen molar-refractivity contribution in [2.45, 2.75) is 6.92 Å². The summed E-state index contributed by atoms with van der Waals surface area (Å²) in [7, 11) is 0. The number of hydrogen-bond donors (Lipinski definition) is 0. The molecule has 0 spiro atoms. The molecular weight excluding hydrogens is 234 g/mol. The first-order valence-corrected chi connectivity index (χ1v) is 4.42. The van der Waals surface area contributed by atoms with Crippen LogP contribution in [0.1, 0.15) is 12.5 Å². The third kappa shape index (κ3) is 1.95. The highest BCUT2D eigenvalue weighted by Crippen LogP contribution is 2.31. The number of allylic oxidation sites excluding steroid dienone is 1. The summed E-state index contributed by atoms with van der Waals surface area (Å²) in [6, 6.07) is 5.08. The van der Waals surface area contributed by atoms with Crippen molar-refractivity contribution in [2.24, 2.45) is 0 Å². The fourth-order valence-corrected chi connectivity index (χ4v) is 1.56. The Hall–Kier alpha value is -1.16. The molecule has 0 saturated carbocycles. The van der Waals surface area contributed by atoms with Crippen LogP contribution in [0.4, 0.5) is 5.69 Å². The second kappa shape index (κ2) is 3.70. The van der Waals surface area contributed by atoms with E-state index in [0.29, 0.717) is 15.6 Å². The molecule has 0 heterocycles. The standard InChI is InChI=1S/C9H8BrNO2/c1-6(2)7-4-3-5-8(10)9(7)11(12)13/h3-5H,1H2,2H3. The van der Waals surface area contributed by atoms with Crippen LogP contribution >= 0.6 is 15.9 Å². The van der Waals surface area contributed by atoms with Gasteiger partial charge in [-0.2, -0.15) is 0 Å². The third-order valence-corrected chi connectivity index (χ3v) is 2.27. The lowest BCUT2D eigenvalue weighted by Crippen LogP contribution is -1.94. The fraction of sp³-hybridized carbons (Fsp3) is 0.111. The van der Waals surface area contributed by atoms with Gasteiger partial charge in [0.2, 0.25) is 0 Å². The molecule has 0 bridgehead atoms. The van der Waals surface area contributed by atoms with E-state index < -0.39 is 4.92 Å². The summed E-state index contributed by atoms with van der Waals surface area (Å²) < 4.78 is 0.484. The van der Waals surface area contributed by atoms with Crippen molar-refractivity contribution in [1.82, 2.24) is 0 Å². The molecule has 0 saturated heterocycles. The fourth-order valence-electron chi connectivity index (χ4n) is 1.05. The summed E-state index contributed by atoms with van der Waals surface area (Å²) in [6.45, 7) is 5.43. The van der Waals surface area contributed by atoms with Gasteiger partial charge in [0.1, 0.15) is 0 Å². The number of benzene rings is 1. The molecule has 0 aliphatic rings. The van der Waals surface area contributed by atoms with Crippen LogP contribution in [0.5, 0.6) is 0 Å². The quantitative estimate of drug-likeness (QED) is 0.589. The molecule has 3 nitrogen and oxygen atoms in total. The molecule has 0 amide bonds. The molecule has 0 aromatic heterocycles. The van der Waals surface area contributed by atoms with Crippen LogP contribution in [0.2, 0.25) is 0 Å². The third-order valence-electron chi connectivity index (χ3n) is 1.63. The van der Waals surface area contributed by atoms with Crippen LogP contribution in [0.15, 0.2) is 29.3 Å². The first kappa shape index (κ1) is 9.92. The van der Waals surface area contributed by atoms with Gasteiger partial charge in [-0.15, -0.1) is 0 Å². The number of hydrogen-bond acceptors (Lipinski definition) is 2. The maximum absolute atomic E-state index is 10.7. The van der Waals surface area contributed by atoms with Gasteiger partial charge in [0.05, 0.1) is 15.0 Å². The van der Waals surface area contributed by atoms with Crippen LogP contribution in [-0.4, -0.2) is 4.92 Å². The van der Waals surface area contributed by atoms with Gasteiger partial charge < -0.3 is 0 Å². The topological polar surface area (TPSA) is 43.1 Å². The highest BCUT2D eigenvalue weighted by atomic mass is 79.9. The zero-order chi connectivity index (χ0) is 10.0. The van der Waals surface area contributed by atoms with Crippen molar-refractivity contribution in [1.29, 1.82) is 0 Å². The Morgan fingerprint density at radius 3 is 2.62 bits per heavy atom. The average Bonchev–Trinajstić information content (AvgIpc) is 2.02. The van der Waals surface area contributed by atoms with E-state index in [9.17, 15) is 10.1 Å². The minimum atomic E-state index is -0.409. The minimum Gasteiger partial charge on any atom is -0.258 e. The maximum atomic E-state index is 10.7. The van der Waals surface area contributed by atoms with Gasteiger partial charge >= 0.3 is 0 Å². The Balaban J connectivity index is 3.43. The van der Waals surface area contributed by atoms with Crippen LogP contribution < -0.4 is 0 Å². The van der Waals surface area contributed by atoms with Crippen molar-refractivity contribution in [2.75, 3.05) is 0 Å². The Morgan fingerprint density at radius 1 is 1.62 bits per heavy atom. The Bertz CT molecular complexity index is 374. The zero-order valence-corrected chi connectivity index (χ0v) is 8.67. The van der Waals surface area contributed by atoms with Gasteiger partial charge in [-0.25, -0.2) is 0 Å². The molecule has 13 heavy (non-hydrogen) atoms. The second-order valence-corrected chi connectivity index (χ2v) is 3.53. The summed E-state index contributed by atoms with van der Waals surface area (Å²) >= 11 is 3.13. The van der Waals surface area contributed by atoms with Crippen molar-refractivity contribution in [3.63, 3.8) is 0 Å². The monoisotopic (exact) mass is 241 g/mol. The summed E-state index contributed by atoms with van der Waals surface area (Å²) in [6.07, 6.45) is 0. The molecule has 0 atom stereocenters. The molecule has 4 heteroatoms. The largest absolute Gasteiger partial charge is 0.290 e. The van der Waals surface area contributed by atoms with Crippen LogP contribution in [-0.2, 0) is 0 Å². The van der Waals surface area contributed by atoms with Crippen molar-refractivity contribution < 1.29 is 4.92 Å². The van der Waals surface area contributed by atoms with Gasteiger partial charge in [-0.05, 0) is 40.6 Å². The van der Waals surface area contributed by atoms with E-state index in [1.165, 1.54) is 0 Å². The van der Waals surface area contributed by atoms with Gasteiger partial charge in [-0.1, -0.05) is 12.6 Å². The minimum absolute atomic E-state index is 0.0787. The SMILES string of the molecule is C=C(C)c1cccc(Br)c1[N+](=O)[O-]. The number of nitrogens with zero attached hydrogens (tertiary/aromatic N) is 1. The lowest BCUT2D eigenvalue weighted by molar-refractivity contribution is -0.385. The number of para-hydroxylation sites is 1. The first-order valence-electron chi connectivity index (χ1n) is 3.63. The number of nitro benzene ring substituents is 1. The van der Waals surface area contributed by atoms with E-state index in [1.54, 1.807) is 25.1 Å². The molecule has 0 N–H and O–H groups in total. The van der Waals surface area contributed by atoms with Crippen molar-refractivity contribution in [3.05, 3.63) is 44.9 Å². The molecule has 0 fully saturated rings. The molecule has 0 aliphatic carbocycles. The Morgan fingerprint density at radius 2 is 2.23 bits per heavy atom. The Kier molecular flexibility index (Phi) is 2.83. The highest BCUT2D eigenvalue weighted by Gasteiger charge is 2.17. The lowest BCUT2D eigenvalue weighted by Gasteiger charge is -2.02. The molecular formula is C9H8BrNO2. The van der Waals surface area contributed by atoms with E-state index in [-0.39, 0.29) is 5.69 Å². The van der Waals surface area contributed by atoms with E-state index >= 15 is 0 Å². The predicted molar refractivity (Wildman–Crippen MR) is 55.5 cm³/mol. The van der Waals surface area contributed by atoms with Gasteiger partial charge in [-0.3, -0.25) is 10.1 Å². The number of rotatable bonds is 2. The highest BCUT2D eigenvalue weighted by molar-refractivity contribution is 9.10. The summed E-state index contributed by atoms with van der Waals surface area (Å²) in [5.74, 6) is 0. The van der Waals surface area contributed by atoms with Crippen LogP contribution in [0.25, 0.3) is 5.57 Å². The van der Waals surface area contributed by atoms with Crippen molar-refractivity contribution >= 4 is 27.2 Å². The van der Waals surface area contributed by atoms with Crippen molar-refractivity contribution in [3.8, 4) is 0 Å². The number of halogens is 1. The van der Waals surface area contributed by atoms with Gasteiger partial charge in [0, 0.05) is 0 Å². The van der Waals surface area contributed by atoms with E-state index in [4.69, 9.17) is 0 Å². The summed E-state index contributed by atoms with van der Waals surface area (Å²) in [4.78, 5) is 10.3. The average molecular weight is 242 g/mol. The smallest absolute Gasteiger partial charge is 0.258 e. The zero-order valence-electron chi connectivity index (χ0n) is 7.08. The normalized spacial score (nSPS) is 9.69. The van der Waals surface area contributed by atoms with E-state index in [2.05, 4.69) is 22.5 Å². The maximum Gasteiger partial charge on any atom is 0.290 e. The molecule has 0 aliphatic heterocycles. The number of nitro groups is 1. The van der Waals surface area contributed by atoms with E-state index in [0.717, 1.165) is 0 Å². The van der Waals surface area contributed by atoms with Gasteiger partial charge in [0.25, 0.3) is 5.69 Å². The second-order valence-electron chi connectivity index (χ2n) is 2.67. The predicted octanol–water partition coefficient (Wildman–Crippen LogP) is 3.39. The lowest BCUT2D eigenvalue weighted by atomic mass is 10.1. The summed E-state index contributed by atoms with van der Waals surface area (Å²) in [5.41, 5.74) is 1.34. The molecule has 68 valence electrons. The Labute approximate surface area is 84.4 Å². The van der Waals surface area contributed by atoms with Gasteiger partial charge in [0.15, 0.2) is 0 Å². The summed E-state index contributed by atoms with van der Waals surface area (Å²) in [5, 5.41) is 10.7. The van der Waals surface area contributed by atoms with Crippen LogP contribution in [0, 0.1) is 10.1 Å². The molecule has 0 unspecified atom stereocenters. The molecule has 1 aromatic carbocycles. The first-order chi connectivity index (χ1) is 6.04. The molecule has 0 radical (unpaired) electrons. The molecule has 1 aromatic rings. The van der Waals surface area contributed by atoms with E-state index in [1.807, 2.05) is 0 Å². The molecule has 1 rings (SSSR count).